The number of amides is 1. The molecule has 0 spiro atoms. The molecule has 9 heteroatoms. The molecule has 1 saturated heterocycles. The van der Waals surface area contributed by atoms with Crippen molar-refractivity contribution in [1.82, 2.24) is 24.4 Å². The summed E-state index contributed by atoms with van der Waals surface area (Å²) in [7, 11) is 0. The molecule has 9 nitrogen and oxygen atoms in total. The third-order valence-electron chi connectivity index (χ3n) is 8.15. The quantitative estimate of drug-likeness (QED) is 0.248. The number of fused-ring (bicyclic) bond motifs is 1. The first-order valence-corrected chi connectivity index (χ1v) is 14.3. The number of pyridine rings is 2. The fourth-order valence-corrected chi connectivity index (χ4v) is 5.72. The highest BCUT2D eigenvalue weighted by Crippen LogP contribution is 2.34. The van der Waals surface area contributed by atoms with Gasteiger partial charge in [0.25, 0.3) is 5.91 Å². The molecule has 3 N–H and O–H groups in total. The van der Waals surface area contributed by atoms with Crippen molar-refractivity contribution in [1.29, 1.82) is 0 Å². The Morgan fingerprint density at radius 1 is 0.886 bits per heavy atom. The summed E-state index contributed by atoms with van der Waals surface area (Å²) in [5, 5.41) is 9.23. The molecule has 1 aliphatic rings. The lowest BCUT2D eigenvalue weighted by Crippen LogP contribution is -2.48. The number of hydrogen-bond donors (Lipinski definition) is 2. The summed E-state index contributed by atoms with van der Waals surface area (Å²) in [5.74, 6) is 0.141. The predicted molar refractivity (Wildman–Crippen MR) is 169 cm³/mol. The monoisotopic (exact) mass is 580 g/mol. The number of aromatic carboxylic acids is 1. The van der Waals surface area contributed by atoms with Crippen LogP contribution in [-0.4, -0.2) is 54.5 Å². The van der Waals surface area contributed by atoms with Crippen LogP contribution in [-0.2, 0) is 0 Å². The van der Waals surface area contributed by atoms with E-state index in [1.807, 2.05) is 71.3 Å². The van der Waals surface area contributed by atoms with E-state index in [2.05, 4.69) is 17.1 Å². The van der Waals surface area contributed by atoms with Gasteiger partial charge in [0.2, 0.25) is 0 Å². The van der Waals surface area contributed by atoms with Gasteiger partial charge in [-0.1, -0.05) is 42.5 Å². The zero-order valence-corrected chi connectivity index (χ0v) is 23.9. The van der Waals surface area contributed by atoms with E-state index in [0.717, 1.165) is 33.6 Å². The van der Waals surface area contributed by atoms with Crippen LogP contribution < -0.4 is 5.73 Å². The number of nitrogen functional groups attached to an aromatic ring is 1. The number of hydrogen-bond acceptors (Lipinski definition) is 6. The van der Waals surface area contributed by atoms with Gasteiger partial charge in [0.05, 0.1) is 16.8 Å². The molecular weight excluding hydrogens is 552 g/mol. The maximum Gasteiger partial charge on any atom is 0.335 e. The van der Waals surface area contributed by atoms with Crippen molar-refractivity contribution < 1.29 is 14.7 Å². The van der Waals surface area contributed by atoms with Crippen LogP contribution in [0, 0.1) is 6.92 Å². The fourth-order valence-electron chi connectivity index (χ4n) is 5.72. The lowest BCUT2D eigenvalue weighted by atomic mass is 9.90. The Kier molecular flexibility index (Phi) is 6.62. The van der Waals surface area contributed by atoms with Crippen molar-refractivity contribution in [3.8, 4) is 28.3 Å². The van der Waals surface area contributed by atoms with Crippen molar-refractivity contribution >= 4 is 28.9 Å². The first kappa shape index (κ1) is 27.0. The Balaban J connectivity index is 1.19. The minimum Gasteiger partial charge on any atom is -0.478 e. The predicted octanol–water partition coefficient (Wildman–Crippen LogP) is 5.98. The molecule has 7 rings (SSSR count). The van der Waals surface area contributed by atoms with Gasteiger partial charge in [-0.25, -0.2) is 19.7 Å². The number of aryl methyl sites for hydroxylation is 1. The standard InChI is InChI=1S/C35H28N6O3/c1-21-18-24(35(43)44)11-14-27(21)34(42)40-19-25(20-40)22-9-12-26(13-10-22)41-32(28-8-5-17-37-31(28)36)39-30-16-15-29(38-33(30)41)23-6-3-2-4-7-23/h2-18,25H,19-20H2,1H3,(H2,36,37)(H,43,44). The normalized spacial score (nSPS) is 13.2. The second-order valence-electron chi connectivity index (χ2n) is 10.9. The van der Waals surface area contributed by atoms with Gasteiger partial charge in [-0.15, -0.1) is 0 Å². The van der Waals surface area contributed by atoms with Crippen molar-refractivity contribution in [2.24, 2.45) is 0 Å². The third-order valence-corrected chi connectivity index (χ3v) is 8.15. The number of anilines is 1. The van der Waals surface area contributed by atoms with E-state index in [1.54, 1.807) is 24.1 Å². The number of aromatic nitrogens is 4. The van der Waals surface area contributed by atoms with Gasteiger partial charge in [-0.3, -0.25) is 9.36 Å². The molecule has 1 amide bonds. The molecule has 0 radical (unpaired) electrons. The highest BCUT2D eigenvalue weighted by molar-refractivity contribution is 5.98. The summed E-state index contributed by atoms with van der Waals surface area (Å²) in [6.07, 6.45) is 1.66. The number of imidazole rings is 1. The largest absolute Gasteiger partial charge is 0.478 e. The Hall–Kier alpha value is -5.83. The van der Waals surface area contributed by atoms with Gasteiger partial charge < -0.3 is 15.7 Å². The highest BCUT2D eigenvalue weighted by atomic mass is 16.4. The molecule has 0 aliphatic carbocycles. The van der Waals surface area contributed by atoms with E-state index in [4.69, 9.17) is 15.7 Å². The Bertz CT molecular complexity index is 2050. The number of nitrogens with zero attached hydrogens (tertiary/aromatic N) is 5. The average molecular weight is 581 g/mol. The van der Waals surface area contributed by atoms with E-state index >= 15 is 0 Å². The van der Waals surface area contributed by atoms with Crippen molar-refractivity contribution in [2.75, 3.05) is 18.8 Å². The van der Waals surface area contributed by atoms with Crippen molar-refractivity contribution in [2.45, 2.75) is 12.8 Å². The van der Waals surface area contributed by atoms with Crippen LogP contribution in [0.4, 0.5) is 5.82 Å². The van der Waals surface area contributed by atoms with Gasteiger partial charge in [0.1, 0.15) is 11.3 Å². The zero-order valence-electron chi connectivity index (χ0n) is 23.9. The number of benzene rings is 3. The van der Waals surface area contributed by atoms with Gasteiger partial charge in [-0.05, 0) is 72.6 Å². The zero-order chi connectivity index (χ0) is 30.4. The van der Waals surface area contributed by atoms with Crippen LogP contribution in [0.1, 0.15) is 37.8 Å². The van der Waals surface area contributed by atoms with Gasteiger partial charge in [0.15, 0.2) is 11.5 Å². The molecule has 4 heterocycles. The first-order chi connectivity index (χ1) is 21.4. The number of rotatable bonds is 6. The Labute approximate surface area is 253 Å². The molecule has 3 aromatic heterocycles. The molecule has 0 bridgehead atoms. The van der Waals surface area contributed by atoms with Crippen LogP contribution in [0.15, 0.2) is 103 Å². The number of carboxylic acid groups (broad SMARTS) is 1. The molecule has 1 fully saturated rings. The summed E-state index contributed by atoms with van der Waals surface area (Å²) in [5.41, 5.74) is 13.7. The van der Waals surface area contributed by atoms with Gasteiger partial charge >= 0.3 is 5.97 Å². The minimum absolute atomic E-state index is 0.0869. The summed E-state index contributed by atoms with van der Waals surface area (Å²) in [4.78, 5) is 40.4. The number of carboxylic acids is 1. The number of nitrogens with two attached hydrogens (primary N) is 1. The number of likely N-dealkylation sites (tertiary alicyclic amines) is 1. The maximum absolute atomic E-state index is 13.1. The molecule has 44 heavy (non-hydrogen) atoms. The average Bonchev–Trinajstić information content (AvgIpc) is 3.39. The molecular formula is C35H28N6O3. The van der Waals surface area contributed by atoms with Crippen LogP contribution in [0.25, 0.3) is 39.5 Å². The van der Waals surface area contributed by atoms with Crippen LogP contribution >= 0.6 is 0 Å². The summed E-state index contributed by atoms with van der Waals surface area (Å²) in [6, 6.07) is 30.6. The fraction of sp³-hybridized carbons (Fsp3) is 0.114. The number of carbonyl (C=O) groups is 2. The summed E-state index contributed by atoms with van der Waals surface area (Å²) in [6.45, 7) is 2.94. The molecule has 3 aromatic carbocycles. The first-order valence-electron chi connectivity index (χ1n) is 14.3. The van der Waals surface area contributed by atoms with Crippen LogP contribution in [0.3, 0.4) is 0 Å². The molecule has 0 saturated carbocycles. The molecule has 0 unspecified atom stereocenters. The van der Waals surface area contributed by atoms with Crippen LogP contribution in [0.5, 0.6) is 0 Å². The van der Waals surface area contributed by atoms with E-state index in [0.29, 0.717) is 41.5 Å². The SMILES string of the molecule is Cc1cc(C(=O)O)ccc1C(=O)N1CC(c2ccc(-n3c(-c4cccnc4N)nc4ccc(-c5ccccc5)nc43)cc2)C1. The van der Waals surface area contributed by atoms with Crippen LogP contribution in [0.2, 0.25) is 0 Å². The number of carbonyl (C=O) groups excluding carboxylic acids is 1. The highest BCUT2D eigenvalue weighted by Gasteiger charge is 2.33. The maximum atomic E-state index is 13.1. The van der Waals surface area contributed by atoms with E-state index in [9.17, 15) is 14.7 Å². The summed E-state index contributed by atoms with van der Waals surface area (Å²) >= 11 is 0. The van der Waals surface area contributed by atoms with Gasteiger partial charge in [0, 0.05) is 42.0 Å². The molecule has 6 aromatic rings. The van der Waals surface area contributed by atoms with E-state index in [1.165, 1.54) is 12.1 Å². The third kappa shape index (κ3) is 4.74. The topological polar surface area (TPSA) is 127 Å². The lowest BCUT2D eigenvalue weighted by Gasteiger charge is -2.40. The summed E-state index contributed by atoms with van der Waals surface area (Å²) < 4.78 is 2.01. The lowest BCUT2D eigenvalue weighted by molar-refractivity contribution is 0.0599. The van der Waals surface area contributed by atoms with E-state index in [-0.39, 0.29) is 17.4 Å². The van der Waals surface area contributed by atoms with Crippen molar-refractivity contribution in [3.63, 3.8) is 0 Å². The molecule has 216 valence electrons. The van der Waals surface area contributed by atoms with Gasteiger partial charge in [-0.2, -0.15) is 0 Å². The smallest absolute Gasteiger partial charge is 0.335 e. The molecule has 1 aliphatic heterocycles. The Morgan fingerprint density at radius 2 is 1.66 bits per heavy atom. The Morgan fingerprint density at radius 3 is 2.36 bits per heavy atom. The van der Waals surface area contributed by atoms with E-state index < -0.39 is 5.97 Å². The molecule has 0 atom stereocenters. The second-order valence-corrected chi connectivity index (χ2v) is 10.9. The van der Waals surface area contributed by atoms with Crippen molar-refractivity contribution in [3.05, 3.63) is 126 Å². The second kappa shape index (κ2) is 10.8. The minimum atomic E-state index is -1.01.